The lowest BCUT2D eigenvalue weighted by molar-refractivity contribution is -0.870. The van der Waals surface area contributed by atoms with Gasteiger partial charge in [0.15, 0.2) is 6.10 Å². The molecule has 9 nitrogen and oxygen atoms in total. The molecule has 330 valence electrons. The van der Waals surface area contributed by atoms with Crippen molar-refractivity contribution in [3.63, 3.8) is 0 Å². The maximum atomic E-state index is 12.6. The molecule has 0 aromatic rings. The second kappa shape index (κ2) is 39.4. The average Bonchev–Trinajstić information content (AvgIpc) is 3.17. The van der Waals surface area contributed by atoms with Gasteiger partial charge in [0.25, 0.3) is 7.82 Å². The molecule has 0 rings (SSSR count). The van der Waals surface area contributed by atoms with Gasteiger partial charge in [-0.15, -0.1) is 0 Å². The van der Waals surface area contributed by atoms with Crippen molar-refractivity contribution in [3.8, 4) is 0 Å². The van der Waals surface area contributed by atoms with Gasteiger partial charge >= 0.3 is 11.9 Å². The lowest BCUT2D eigenvalue weighted by atomic mass is 10.1. The van der Waals surface area contributed by atoms with Crippen LogP contribution in [0.25, 0.3) is 0 Å². The van der Waals surface area contributed by atoms with E-state index in [1.165, 1.54) is 70.3 Å². The number of hydrogen-bond donors (Lipinski definition) is 0. The normalized spacial score (nSPS) is 14.5. The summed E-state index contributed by atoms with van der Waals surface area (Å²) in [5.41, 5.74) is 0. The number of allylic oxidation sites excluding steroid dienone is 15. The van der Waals surface area contributed by atoms with E-state index in [0.29, 0.717) is 17.4 Å². The van der Waals surface area contributed by atoms with Crippen LogP contribution in [-0.2, 0) is 32.7 Å². The second-order valence-electron chi connectivity index (χ2n) is 15.4. The third-order valence-corrected chi connectivity index (χ3v) is 9.67. The minimum Gasteiger partial charge on any atom is -0.756 e. The Balaban J connectivity index is 4.60. The van der Waals surface area contributed by atoms with Gasteiger partial charge < -0.3 is 27.9 Å². The van der Waals surface area contributed by atoms with E-state index in [-0.39, 0.29) is 19.6 Å². The molecular weight excluding hydrogens is 750 g/mol. The zero-order valence-corrected chi connectivity index (χ0v) is 37.8. The fraction of sp³-hybridized carbons (Fsp3) is 0.625. The number of carbonyl (C=O) groups excluding carboxylic acids is 2. The van der Waals surface area contributed by atoms with Crippen molar-refractivity contribution in [1.82, 2.24) is 0 Å². The Morgan fingerprint density at radius 3 is 1.62 bits per heavy atom. The van der Waals surface area contributed by atoms with Gasteiger partial charge in [-0.2, -0.15) is 0 Å². The number of likely N-dealkylation sites (N-methyl/N-ethyl adjacent to an activating group) is 1. The predicted octanol–water partition coefficient (Wildman–Crippen LogP) is 11.9. The largest absolute Gasteiger partial charge is 0.756 e. The Hall–Kier alpha value is -3.07. The highest BCUT2D eigenvalue weighted by Gasteiger charge is 2.21. The molecule has 10 heteroatoms. The van der Waals surface area contributed by atoms with E-state index in [1.807, 2.05) is 39.4 Å². The second-order valence-corrected chi connectivity index (χ2v) is 16.8. The highest BCUT2D eigenvalue weighted by molar-refractivity contribution is 7.45. The molecule has 0 amide bonds. The molecule has 0 saturated carbocycles. The van der Waals surface area contributed by atoms with Crippen molar-refractivity contribution in [3.05, 3.63) is 97.2 Å². The monoisotopic (exact) mass is 830 g/mol. The lowest BCUT2D eigenvalue weighted by Crippen LogP contribution is -2.37. The number of phosphoric acid groups is 1. The van der Waals surface area contributed by atoms with E-state index in [2.05, 4.69) is 74.6 Å². The van der Waals surface area contributed by atoms with Crippen molar-refractivity contribution in [1.29, 1.82) is 0 Å². The van der Waals surface area contributed by atoms with E-state index in [4.69, 9.17) is 18.5 Å². The van der Waals surface area contributed by atoms with E-state index in [0.717, 1.165) is 51.4 Å². The van der Waals surface area contributed by atoms with Gasteiger partial charge in [-0.1, -0.05) is 169 Å². The molecule has 1 unspecified atom stereocenters. The van der Waals surface area contributed by atoms with Crippen LogP contribution < -0.4 is 4.89 Å². The van der Waals surface area contributed by atoms with Crippen LogP contribution in [0.2, 0.25) is 0 Å². The van der Waals surface area contributed by atoms with Crippen molar-refractivity contribution < 1.29 is 42.1 Å². The third-order valence-electron chi connectivity index (χ3n) is 8.71. The Kier molecular flexibility index (Phi) is 37.3. The van der Waals surface area contributed by atoms with Crippen LogP contribution in [0.15, 0.2) is 97.2 Å². The average molecular weight is 830 g/mol. The Bertz CT molecular complexity index is 1300. The van der Waals surface area contributed by atoms with E-state index in [9.17, 15) is 19.0 Å². The number of esters is 2. The zero-order valence-electron chi connectivity index (χ0n) is 36.9. The van der Waals surface area contributed by atoms with E-state index < -0.39 is 32.5 Å². The summed E-state index contributed by atoms with van der Waals surface area (Å²) in [6, 6.07) is 0. The highest BCUT2D eigenvalue weighted by atomic mass is 31.2. The first-order valence-corrected chi connectivity index (χ1v) is 23.4. The molecule has 0 aromatic carbocycles. The summed E-state index contributed by atoms with van der Waals surface area (Å²) >= 11 is 0. The molecular formula is C48H80NO8P. The van der Waals surface area contributed by atoms with Crippen molar-refractivity contribution in [2.45, 2.75) is 148 Å². The quantitative estimate of drug-likeness (QED) is 0.0115. The van der Waals surface area contributed by atoms with Gasteiger partial charge in [0.1, 0.15) is 19.8 Å². The summed E-state index contributed by atoms with van der Waals surface area (Å²) in [5.74, 6) is -1.19. The van der Waals surface area contributed by atoms with Gasteiger partial charge in [-0.3, -0.25) is 9.36 Å². The van der Waals surface area contributed by atoms with Crippen LogP contribution in [0.3, 0.4) is 0 Å². The van der Waals surface area contributed by atoms with Gasteiger partial charge in [0.2, 0.25) is 0 Å². The number of hydrogen-bond acceptors (Lipinski definition) is 8. The Morgan fingerprint density at radius 1 is 0.603 bits per heavy atom. The number of nitrogens with zero attached hydrogens (tertiary/aromatic N) is 1. The van der Waals surface area contributed by atoms with Crippen LogP contribution in [-0.4, -0.2) is 70.0 Å². The van der Waals surface area contributed by atoms with Crippen LogP contribution >= 0.6 is 7.82 Å². The molecule has 0 aliphatic carbocycles. The number of phosphoric ester groups is 1. The van der Waals surface area contributed by atoms with Gasteiger partial charge in [-0.25, -0.2) is 4.79 Å². The highest BCUT2D eigenvalue weighted by Crippen LogP contribution is 2.38. The molecule has 0 spiro atoms. The van der Waals surface area contributed by atoms with Crippen LogP contribution in [0, 0.1) is 0 Å². The molecule has 2 atom stereocenters. The summed E-state index contributed by atoms with van der Waals surface area (Å²) in [4.78, 5) is 37.4. The van der Waals surface area contributed by atoms with Gasteiger partial charge in [0, 0.05) is 12.5 Å². The first-order chi connectivity index (χ1) is 28.0. The smallest absolute Gasteiger partial charge is 0.331 e. The fourth-order valence-corrected chi connectivity index (χ4v) is 6.02. The Morgan fingerprint density at radius 2 is 1.10 bits per heavy atom. The van der Waals surface area contributed by atoms with Crippen molar-refractivity contribution in [2.24, 2.45) is 0 Å². The van der Waals surface area contributed by atoms with E-state index >= 15 is 0 Å². The molecule has 0 radical (unpaired) electrons. The predicted molar refractivity (Wildman–Crippen MR) is 240 cm³/mol. The maximum absolute atomic E-state index is 12.6. The number of unbranched alkanes of at least 4 members (excludes halogenated alkanes) is 11. The molecule has 0 fully saturated rings. The van der Waals surface area contributed by atoms with Gasteiger partial charge in [0.05, 0.1) is 27.7 Å². The van der Waals surface area contributed by atoms with Gasteiger partial charge in [-0.05, 0) is 57.8 Å². The van der Waals surface area contributed by atoms with Crippen molar-refractivity contribution in [2.75, 3.05) is 47.5 Å². The van der Waals surface area contributed by atoms with Crippen LogP contribution in [0.1, 0.15) is 142 Å². The third kappa shape index (κ3) is 42.5. The first kappa shape index (κ1) is 54.9. The number of rotatable bonds is 38. The Labute approximate surface area is 353 Å². The molecule has 0 bridgehead atoms. The van der Waals surface area contributed by atoms with Crippen LogP contribution in [0.4, 0.5) is 0 Å². The lowest BCUT2D eigenvalue weighted by Gasteiger charge is -2.28. The molecule has 0 aliphatic rings. The van der Waals surface area contributed by atoms with Crippen LogP contribution in [0.5, 0.6) is 0 Å². The minimum absolute atomic E-state index is 0.0629. The fourth-order valence-electron chi connectivity index (χ4n) is 5.29. The summed E-state index contributed by atoms with van der Waals surface area (Å²) < 4.78 is 33.6. The molecule has 0 heterocycles. The summed E-state index contributed by atoms with van der Waals surface area (Å²) in [5, 5.41) is 0. The number of carbonyl (C=O) groups is 2. The number of quaternary nitrogens is 1. The standard InChI is InChI=1S/C48H80NO8P/c1-6-8-10-12-14-16-18-20-22-23-24-25-27-28-30-32-34-36-38-40-47(50)54-44-46(45-56-58(52,53)55-43-42-49(3,4)5)57-48(51)41-39-37-35-33-31-29-26-21-19-17-15-13-11-9-7-2/h8,10,14,16,20,22,24-25,28,30,34-37,39,41,46H,6-7,9,11-13,15,17-19,21,23,26-27,29,31-33,38,40,42-45H2,1-5H3/b10-8+,16-14+,22-20+,25-24+,30-28+,36-34+,37-35+,41-39+/t46-/m1/s1. The minimum atomic E-state index is -4.67. The zero-order chi connectivity index (χ0) is 42.8. The summed E-state index contributed by atoms with van der Waals surface area (Å²) in [6.07, 6.45) is 52.3. The first-order valence-electron chi connectivity index (χ1n) is 22.0. The molecule has 0 N–H and O–H groups in total. The summed E-state index contributed by atoms with van der Waals surface area (Å²) in [6.45, 7) is 3.87. The SMILES string of the molecule is CC/C=C/C/C=C/C/C=C/C/C=C/C/C=C/C/C=C/CCC(=O)OC[C@H](COP(=O)([O-])OCC[N+](C)(C)C)OC(=O)/C=C/C=C/CCCCCCCCCCCCC. The number of ether oxygens (including phenoxy) is 2. The van der Waals surface area contributed by atoms with Crippen molar-refractivity contribution >= 4 is 19.8 Å². The molecule has 0 aromatic heterocycles. The van der Waals surface area contributed by atoms with E-state index in [1.54, 1.807) is 12.2 Å². The maximum Gasteiger partial charge on any atom is 0.331 e. The molecule has 0 aliphatic heterocycles. The summed E-state index contributed by atoms with van der Waals surface area (Å²) in [7, 11) is 1.06. The molecule has 58 heavy (non-hydrogen) atoms. The topological polar surface area (TPSA) is 111 Å². The molecule has 0 saturated heterocycles.